The van der Waals surface area contributed by atoms with Crippen LogP contribution >= 0.6 is 23.1 Å². The van der Waals surface area contributed by atoms with Crippen molar-refractivity contribution in [3.05, 3.63) is 52.0 Å². The van der Waals surface area contributed by atoms with Gasteiger partial charge in [-0.2, -0.15) is 0 Å². The van der Waals surface area contributed by atoms with Gasteiger partial charge in [0.2, 0.25) is 0 Å². The van der Waals surface area contributed by atoms with Crippen LogP contribution in [0, 0.1) is 12.7 Å². The topological polar surface area (TPSA) is 20.2 Å². The van der Waals surface area contributed by atoms with Crippen molar-refractivity contribution in [2.45, 2.75) is 17.9 Å². The smallest absolute Gasteiger partial charge is 0.123 e. The normalized spacial score (nSPS) is 12.6. The molecular weight excluding hydrogens is 255 g/mol. The second kappa shape index (κ2) is 5.67. The zero-order chi connectivity index (χ0) is 12.3. The van der Waals surface area contributed by atoms with E-state index in [1.54, 1.807) is 23.5 Å². The van der Waals surface area contributed by atoms with Gasteiger partial charge in [-0.3, -0.25) is 0 Å². The van der Waals surface area contributed by atoms with Gasteiger partial charge in [0.05, 0.1) is 6.10 Å². The molecule has 2 aromatic rings. The molecule has 1 heterocycles. The second-order valence-electron chi connectivity index (χ2n) is 3.71. The highest BCUT2D eigenvalue weighted by molar-refractivity contribution is 7.99. The molecule has 0 aliphatic heterocycles. The number of aliphatic hydroxyl groups is 1. The standard InChI is InChI=1S/C13H13FOS2/c1-9-12(6-7-16-9)13(15)8-17-11-4-2-10(14)3-5-11/h2-7,13,15H,8H2,1H3. The lowest BCUT2D eigenvalue weighted by atomic mass is 10.2. The minimum atomic E-state index is -0.462. The fourth-order valence-corrected chi connectivity index (χ4v) is 3.15. The first kappa shape index (κ1) is 12.6. The first-order valence-corrected chi connectivity index (χ1v) is 7.14. The maximum Gasteiger partial charge on any atom is 0.123 e. The van der Waals surface area contributed by atoms with E-state index in [0.717, 1.165) is 15.3 Å². The van der Waals surface area contributed by atoms with Crippen molar-refractivity contribution in [1.82, 2.24) is 0 Å². The lowest BCUT2D eigenvalue weighted by molar-refractivity contribution is 0.204. The molecule has 0 saturated carbocycles. The first-order valence-electron chi connectivity index (χ1n) is 5.27. The van der Waals surface area contributed by atoms with E-state index in [4.69, 9.17) is 0 Å². The van der Waals surface area contributed by atoms with Crippen LogP contribution in [-0.2, 0) is 0 Å². The Bertz CT molecular complexity index is 478. The Balaban J connectivity index is 1.94. The Morgan fingerprint density at radius 2 is 2.00 bits per heavy atom. The van der Waals surface area contributed by atoms with Gasteiger partial charge in [-0.25, -0.2) is 4.39 Å². The molecule has 0 aliphatic rings. The van der Waals surface area contributed by atoms with Crippen LogP contribution < -0.4 is 0 Å². The molecule has 0 saturated heterocycles. The van der Waals surface area contributed by atoms with Crippen molar-refractivity contribution >= 4 is 23.1 Å². The van der Waals surface area contributed by atoms with Crippen LogP contribution in [0.15, 0.2) is 40.6 Å². The molecule has 0 spiro atoms. The number of hydrogen-bond donors (Lipinski definition) is 1. The zero-order valence-corrected chi connectivity index (χ0v) is 11.0. The van der Waals surface area contributed by atoms with Gasteiger partial charge in [-0.05, 0) is 48.2 Å². The number of aryl methyl sites for hydroxylation is 1. The van der Waals surface area contributed by atoms with Crippen molar-refractivity contribution in [2.24, 2.45) is 0 Å². The van der Waals surface area contributed by atoms with Crippen molar-refractivity contribution in [3.63, 3.8) is 0 Å². The molecule has 17 heavy (non-hydrogen) atoms. The van der Waals surface area contributed by atoms with Gasteiger partial charge >= 0.3 is 0 Å². The molecule has 0 fully saturated rings. The molecule has 1 atom stereocenters. The van der Waals surface area contributed by atoms with Gasteiger partial charge in [0.1, 0.15) is 5.82 Å². The number of benzene rings is 1. The number of thioether (sulfide) groups is 1. The molecule has 0 amide bonds. The van der Waals surface area contributed by atoms with Crippen molar-refractivity contribution < 1.29 is 9.50 Å². The van der Waals surface area contributed by atoms with Crippen LogP contribution in [-0.4, -0.2) is 10.9 Å². The zero-order valence-electron chi connectivity index (χ0n) is 9.39. The summed E-state index contributed by atoms with van der Waals surface area (Å²) in [5.74, 6) is 0.354. The third-order valence-electron chi connectivity index (χ3n) is 2.48. The highest BCUT2D eigenvalue weighted by Crippen LogP contribution is 2.28. The Morgan fingerprint density at radius 1 is 1.29 bits per heavy atom. The van der Waals surface area contributed by atoms with E-state index in [1.165, 1.54) is 23.9 Å². The van der Waals surface area contributed by atoms with E-state index in [0.29, 0.717) is 5.75 Å². The maximum atomic E-state index is 12.7. The number of thiophene rings is 1. The fourth-order valence-electron chi connectivity index (χ4n) is 1.54. The molecular formula is C13H13FOS2. The summed E-state index contributed by atoms with van der Waals surface area (Å²) in [6.45, 7) is 2.01. The van der Waals surface area contributed by atoms with Gasteiger partial charge in [-0.15, -0.1) is 23.1 Å². The van der Waals surface area contributed by atoms with E-state index in [-0.39, 0.29) is 5.82 Å². The van der Waals surface area contributed by atoms with Gasteiger partial charge in [0.25, 0.3) is 0 Å². The number of hydrogen-bond acceptors (Lipinski definition) is 3. The Labute approximate surface area is 108 Å². The van der Waals surface area contributed by atoms with Crippen LogP contribution in [0.4, 0.5) is 4.39 Å². The Morgan fingerprint density at radius 3 is 2.59 bits per heavy atom. The monoisotopic (exact) mass is 268 g/mol. The fraction of sp³-hybridized carbons (Fsp3) is 0.231. The Kier molecular flexibility index (Phi) is 4.20. The summed E-state index contributed by atoms with van der Waals surface area (Å²) in [5.41, 5.74) is 0.990. The van der Waals surface area contributed by atoms with Crippen LogP contribution in [0.5, 0.6) is 0 Å². The SMILES string of the molecule is Cc1sccc1C(O)CSc1ccc(F)cc1. The average Bonchev–Trinajstić information content (AvgIpc) is 2.74. The largest absolute Gasteiger partial charge is 0.387 e. The third kappa shape index (κ3) is 3.31. The molecule has 1 N–H and O–H groups in total. The quantitative estimate of drug-likeness (QED) is 0.845. The van der Waals surface area contributed by atoms with E-state index >= 15 is 0 Å². The predicted octanol–water partition coefficient (Wildman–Crippen LogP) is 4.02. The van der Waals surface area contributed by atoms with Crippen molar-refractivity contribution in [2.75, 3.05) is 5.75 Å². The Hall–Kier alpha value is -0.840. The molecule has 0 radical (unpaired) electrons. The van der Waals surface area contributed by atoms with E-state index in [9.17, 15) is 9.50 Å². The van der Waals surface area contributed by atoms with E-state index < -0.39 is 6.10 Å². The minimum Gasteiger partial charge on any atom is -0.387 e. The van der Waals surface area contributed by atoms with Crippen LogP contribution in [0.3, 0.4) is 0 Å². The van der Waals surface area contributed by atoms with Crippen molar-refractivity contribution in [1.29, 1.82) is 0 Å². The molecule has 1 unspecified atom stereocenters. The van der Waals surface area contributed by atoms with Crippen LogP contribution in [0.1, 0.15) is 16.5 Å². The van der Waals surface area contributed by atoms with Crippen LogP contribution in [0.2, 0.25) is 0 Å². The molecule has 90 valence electrons. The molecule has 2 rings (SSSR count). The number of rotatable bonds is 4. The summed E-state index contributed by atoms with van der Waals surface area (Å²) >= 11 is 3.17. The summed E-state index contributed by atoms with van der Waals surface area (Å²) in [7, 11) is 0. The third-order valence-corrected chi connectivity index (χ3v) is 4.43. The molecule has 1 nitrogen and oxygen atoms in total. The summed E-state index contributed by atoms with van der Waals surface area (Å²) < 4.78 is 12.7. The maximum absolute atomic E-state index is 12.7. The summed E-state index contributed by atoms with van der Waals surface area (Å²) in [4.78, 5) is 2.12. The van der Waals surface area contributed by atoms with E-state index in [1.807, 2.05) is 18.4 Å². The minimum absolute atomic E-state index is 0.233. The molecule has 1 aromatic heterocycles. The molecule has 0 aliphatic carbocycles. The van der Waals surface area contributed by atoms with Gasteiger partial charge in [0.15, 0.2) is 0 Å². The molecule has 4 heteroatoms. The van der Waals surface area contributed by atoms with E-state index in [2.05, 4.69) is 0 Å². The van der Waals surface area contributed by atoms with Gasteiger partial charge < -0.3 is 5.11 Å². The van der Waals surface area contributed by atoms with Crippen molar-refractivity contribution in [3.8, 4) is 0 Å². The molecule has 0 bridgehead atoms. The average molecular weight is 268 g/mol. The predicted molar refractivity (Wildman–Crippen MR) is 71.1 cm³/mol. The van der Waals surface area contributed by atoms with Gasteiger partial charge in [-0.1, -0.05) is 0 Å². The summed E-state index contributed by atoms with van der Waals surface area (Å²) in [5, 5.41) is 12.0. The van der Waals surface area contributed by atoms with Crippen LogP contribution in [0.25, 0.3) is 0 Å². The first-order chi connectivity index (χ1) is 8.16. The number of aliphatic hydroxyl groups excluding tert-OH is 1. The lowest BCUT2D eigenvalue weighted by Gasteiger charge is -2.10. The number of halogens is 1. The highest BCUT2D eigenvalue weighted by Gasteiger charge is 2.11. The second-order valence-corrected chi connectivity index (χ2v) is 5.93. The van der Waals surface area contributed by atoms with Gasteiger partial charge in [0, 0.05) is 15.5 Å². The summed E-state index contributed by atoms with van der Waals surface area (Å²) in [6, 6.07) is 8.28. The lowest BCUT2D eigenvalue weighted by Crippen LogP contribution is -2.00. The molecule has 1 aromatic carbocycles. The summed E-state index contributed by atoms with van der Waals surface area (Å²) in [6.07, 6.45) is -0.462. The highest BCUT2D eigenvalue weighted by atomic mass is 32.2.